The standard InChI is InChI=1S/C15H16N6O2.C5H10O/c1-9(8-22)20-11-5-12(17-6-10(11)15(16)23)13-7-18-14-3-2-4-19-21(13)14;1-5(6)3-2-4-5/h2-7,9,22H,8H2,1H3,(H2,16,23)(H,17,20);6H,2-4H2,1H3. The van der Waals surface area contributed by atoms with Gasteiger partial charge in [-0.25, -0.2) is 9.50 Å². The summed E-state index contributed by atoms with van der Waals surface area (Å²) in [6.45, 7) is 3.60. The van der Waals surface area contributed by atoms with Crippen LogP contribution in [0.25, 0.3) is 17.0 Å². The van der Waals surface area contributed by atoms with Crippen LogP contribution in [-0.2, 0) is 0 Å². The molecule has 9 heteroatoms. The van der Waals surface area contributed by atoms with Crippen molar-refractivity contribution in [3.05, 3.63) is 42.4 Å². The van der Waals surface area contributed by atoms with E-state index in [-0.39, 0.29) is 23.8 Å². The Bertz CT molecular complexity index is 995. The Balaban J connectivity index is 0.000000343. The molecule has 1 atom stereocenters. The highest BCUT2D eigenvalue weighted by Gasteiger charge is 2.27. The Kier molecular flexibility index (Phi) is 6.09. The second-order valence-electron chi connectivity index (χ2n) is 7.49. The summed E-state index contributed by atoms with van der Waals surface area (Å²) < 4.78 is 1.66. The molecule has 154 valence electrons. The lowest BCUT2D eigenvalue weighted by Crippen LogP contribution is -2.32. The maximum atomic E-state index is 11.6. The van der Waals surface area contributed by atoms with Crippen LogP contribution in [0.3, 0.4) is 0 Å². The van der Waals surface area contributed by atoms with Gasteiger partial charge in [0, 0.05) is 18.4 Å². The number of carbonyl (C=O) groups is 1. The van der Waals surface area contributed by atoms with Gasteiger partial charge >= 0.3 is 0 Å². The maximum Gasteiger partial charge on any atom is 0.252 e. The van der Waals surface area contributed by atoms with E-state index in [4.69, 9.17) is 10.8 Å². The van der Waals surface area contributed by atoms with Gasteiger partial charge in [-0.3, -0.25) is 9.78 Å². The van der Waals surface area contributed by atoms with Crippen molar-refractivity contribution in [1.82, 2.24) is 19.6 Å². The molecule has 3 heterocycles. The summed E-state index contributed by atoms with van der Waals surface area (Å²) in [6, 6.07) is 5.10. The van der Waals surface area contributed by atoms with Gasteiger partial charge in [-0.1, -0.05) is 0 Å². The van der Waals surface area contributed by atoms with E-state index < -0.39 is 5.91 Å². The number of nitrogens with zero attached hydrogens (tertiary/aromatic N) is 4. The molecule has 0 bridgehead atoms. The second kappa shape index (κ2) is 8.54. The lowest BCUT2D eigenvalue weighted by atomic mass is 9.82. The van der Waals surface area contributed by atoms with E-state index in [9.17, 15) is 9.90 Å². The van der Waals surface area contributed by atoms with Crippen LogP contribution in [0.15, 0.2) is 36.8 Å². The van der Waals surface area contributed by atoms with E-state index >= 15 is 0 Å². The third-order valence-corrected chi connectivity index (χ3v) is 4.82. The summed E-state index contributed by atoms with van der Waals surface area (Å²) in [5.74, 6) is -0.590. The summed E-state index contributed by atoms with van der Waals surface area (Å²) in [6.07, 6.45) is 7.95. The first-order valence-electron chi connectivity index (χ1n) is 9.49. The predicted octanol–water partition coefficient (Wildman–Crippen LogP) is 1.60. The Morgan fingerprint density at radius 3 is 2.69 bits per heavy atom. The first-order valence-corrected chi connectivity index (χ1v) is 9.49. The lowest BCUT2D eigenvalue weighted by molar-refractivity contribution is -0.0147. The van der Waals surface area contributed by atoms with Crippen molar-refractivity contribution >= 4 is 17.2 Å². The highest BCUT2D eigenvalue weighted by molar-refractivity contribution is 5.98. The number of pyridine rings is 1. The fraction of sp³-hybridized carbons (Fsp3) is 0.400. The Morgan fingerprint density at radius 1 is 1.38 bits per heavy atom. The van der Waals surface area contributed by atoms with Crippen molar-refractivity contribution in [2.75, 3.05) is 11.9 Å². The molecule has 1 aliphatic carbocycles. The minimum absolute atomic E-state index is 0.0764. The van der Waals surface area contributed by atoms with Crippen LogP contribution in [0.1, 0.15) is 43.5 Å². The van der Waals surface area contributed by atoms with Crippen LogP contribution >= 0.6 is 0 Å². The number of hydrogen-bond acceptors (Lipinski definition) is 7. The van der Waals surface area contributed by atoms with Crippen molar-refractivity contribution in [2.45, 2.75) is 44.8 Å². The second-order valence-corrected chi connectivity index (χ2v) is 7.49. The van der Waals surface area contributed by atoms with E-state index in [1.54, 1.807) is 36.0 Å². The van der Waals surface area contributed by atoms with Crippen LogP contribution in [0.4, 0.5) is 5.69 Å². The number of hydrogen-bond donors (Lipinski definition) is 4. The quantitative estimate of drug-likeness (QED) is 0.512. The first-order chi connectivity index (χ1) is 13.8. The maximum absolute atomic E-state index is 11.6. The highest BCUT2D eigenvalue weighted by Crippen LogP contribution is 2.30. The van der Waals surface area contributed by atoms with Crippen LogP contribution in [0.2, 0.25) is 0 Å². The SMILES string of the molecule is CC(CO)Nc1cc(-c2cnc3cccnn23)ncc1C(N)=O.CC1(O)CCC1. The van der Waals surface area contributed by atoms with Crippen LogP contribution in [0, 0.1) is 0 Å². The zero-order valence-electron chi connectivity index (χ0n) is 16.5. The number of nitrogens with two attached hydrogens (primary N) is 1. The molecule has 29 heavy (non-hydrogen) atoms. The molecular formula is C20H26N6O3. The number of aromatic nitrogens is 4. The van der Waals surface area contributed by atoms with Gasteiger partial charge in [0.25, 0.3) is 5.91 Å². The van der Waals surface area contributed by atoms with Crippen molar-refractivity contribution in [1.29, 1.82) is 0 Å². The van der Waals surface area contributed by atoms with Crippen LogP contribution in [-0.4, -0.2) is 54.0 Å². The van der Waals surface area contributed by atoms with Gasteiger partial charge in [0.15, 0.2) is 5.65 Å². The molecular weight excluding hydrogens is 372 g/mol. The molecule has 0 saturated heterocycles. The number of primary amides is 1. The molecule has 1 unspecified atom stereocenters. The minimum Gasteiger partial charge on any atom is -0.394 e. The fourth-order valence-electron chi connectivity index (χ4n) is 2.91. The molecule has 3 aromatic rings. The van der Waals surface area contributed by atoms with Gasteiger partial charge in [-0.2, -0.15) is 5.10 Å². The monoisotopic (exact) mass is 398 g/mol. The number of imidazole rings is 1. The van der Waals surface area contributed by atoms with E-state index in [0.717, 1.165) is 12.8 Å². The Labute approximate surface area is 168 Å². The molecule has 0 radical (unpaired) electrons. The zero-order chi connectivity index (χ0) is 21.0. The molecule has 0 aliphatic heterocycles. The number of anilines is 1. The van der Waals surface area contributed by atoms with Gasteiger partial charge in [0.2, 0.25) is 0 Å². The average Bonchev–Trinajstić information content (AvgIpc) is 3.11. The number of nitrogens with one attached hydrogen (secondary N) is 1. The molecule has 0 spiro atoms. The smallest absolute Gasteiger partial charge is 0.252 e. The zero-order valence-corrected chi connectivity index (χ0v) is 16.5. The van der Waals surface area contributed by atoms with Crippen molar-refractivity contribution in [2.24, 2.45) is 5.73 Å². The summed E-state index contributed by atoms with van der Waals surface area (Å²) in [4.78, 5) is 20.1. The number of fused-ring (bicyclic) bond motifs is 1. The molecule has 1 amide bonds. The first kappa shape index (κ1) is 20.7. The normalized spacial score (nSPS) is 15.7. The van der Waals surface area contributed by atoms with E-state index in [2.05, 4.69) is 20.4 Å². The van der Waals surface area contributed by atoms with Gasteiger partial charge in [0.1, 0.15) is 5.69 Å². The Morgan fingerprint density at radius 2 is 2.10 bits per heavy atom. The van der Waals surface area contributed by atoms with Gasteiger partial charge in [0.05, 0.1) is 35.3 Å². The summed E-state index contributed by atoms with van der Waals surface area (Å²) >= 11 is 0. The van der Waals surface area contributed by atoms with Crippen LogP contribution in [0.5, 0.6) is 0 Å². The molecule has 3 aromatic heterocycles. The van der Waals surface area contributed by atoms with E-state index in [0.29, 0.717) is 22.7 Å². The molecule has 9 nitrogen and oxygen atoms in total. The minimum atomic E-state index is -0.590. The molecule has 1 saturated carbocycles. The lowest BCUT2D eigenvalue weighted by Gasteiger charge is -2.31. The van der Waals surface area contributed by atoms with Gasteiger partial charge in [-0.15, -0.1) is 0 Å². The van der Waals surface area contributed by atoms with E-state index in [1.165, 1.54) is 12.6 Å². The number of aliphatic hydroxyl groups excluding tert-OH is 1. The number of amides is 1. The van der Waals surface area contributed by atoms with Crippen molar-refractivity contribution in [3.63, 3.8) is 0 Å². The van der Waals surface area contributed by atoms with E-state index in [1.807, 2.05) is 13.0 Å². The summed E-state index contributed by atoms with van der Waals surface area (Å²) in [7, 11) is 0. The molecule has 1 fully saturated rings. The third kappa shape index (κ3) is 4.87. The highest BCUT2D eigenvalue weighted by atomic mass is 16.3. The number of rotatable bonds is 5. The van der Waals surface area contributed by atoms with Crippen LogP contribution < -0.4 is 11.1 Å². The third-order valence-electron chi connectivity index (χ3n) is 4.82. The number of aliphatic hydroxyl groups is 2. The molecule has 4 rings (SSSR count). The van der Waals surface area contributed by atoms with Gasteiger partial charge in [-0.05, 0) is 51.3 Å². The fourth-order valence-corrected chi connectivity index (χ4v) is 2.91. The predicted molar refractivity (Wildman–Crippen MR) is 109 cm³/mol. The van der Waals surface area contributed by atoms with Crippen molar-refractivity contribution < 1.29 is 15.0 Å². The van der Waals surface area contributed by atoms with Crippen molar-refractivity contribution in [3.8, 4) is 11.4 Å². The summed E-state index contributed by atoms with van der Waals surface area (Å²) in [5.41, 5.74) is 7.85. The number of carbonyl (C=O) groups excluding carboxylic acids is 1. The Hall–Kier alpha value is -3.04. The molecule has 0 aromatic carbocycles. The molecule has 5 N–H and O–H groups in total. The summed E-state index contributed by atoms with van der Waals surface area (Å²) in [5, 5.41) is 25.4. The molecule has 1 aliphatic rings. The van der Waals surface area contributed by atoms with Gasteiger partial charge < -0.3 is 21.3 Å². The largest absolute Gasteiger partial charge is 0.394 e. The topological polar surface area (TPSA) is 139 Å². The average molecular weight is 398 g/mol.